The predicted octanol–water partition coefficient (Wildman–Crippen LogP) is 3.79. The molecule has 3 heterocycles. The number of nitrogens with two attached hydrogens (primary N) is 1. The molecular weight excluding hydrogens is 390 g/mol. The first-order valence-electron chi connectivity index (χ1n) is 9.78. The van der Waals surface area contributed by atoms with Crippen molar-refractivity contribution in [2.75, 3.05) is 12.8 Å². The van der Waals surface area contributed by atoms with Gasteiger partial charge in [-0.15, -0.1) is 0 Å². The van der Waals surface area contributed by atoms with Crippen LogP contribution in [0.15, 0.2) is 59.4 Å². The first-order chi connectivity index (χ1) is 15.1. The van der Waals surface area contributed by atoms with Crippen molar-refractivity contribution in [2.24, 2.45) is 0 Å². The van der Waals surface area contributed by atoms with Crippen LogP contribution in [0.25, 0.3) is 34.0 Å². The number of nitrogens with one attached hydrogen (secondary N) is 1. The van der Waals surface area contributed by atoms with E-state index in [1.807, 2.05) is 43.4 Å². The van der Waals surface area contributed by atoms with E-state index in [0.29, 0.717) is 28.5 Å². The van der Waals surface area contributed by atoms with E-state index in [1.165, 1.54) is 5.56 Å². The van der Waals surface area contributed by atoms with Crippen LogP contribution in [0.5, 0.6) is 0 Å². The van der Waals surface area contributed by atoms with Gasteiger partial charge in [0.15, 0.2) is 17.3 Å². The molecule has 0 aliphatic carbocycles. The molecule has 0 amide bonds. The van der Waals surface area contributed by atoms with Gasteiger partial charge in [-0.05, 0) is 31.7 Å². The summed E-state index contributed by atoms with van der Waals surface area (Å²) >= 11 is 0. The standard InChI is InChI=1S/C23H21N7O/c1-14(11-24)18-9-17(7-8-27-18)20-13-28-23(25)22(29-20)21-10-19(30-31-21)16-5-3-15(4-6-16)12-26-2/h3-10,13-14,26H,12H2,1-2H3,(H2,25,28). The Morgan fingerprint density at radius 3 is 2.65 bits per heavy atom. The minimum Gasteiger partial charge on any atom is -0.382 e. The molecule has 0 saturated heterocycles. The minimum absolute atomic E-state index is 0.246. The van der Waals surface area contributed by atoms with Gasteiger partial charge >= 0.3 is 0 Å². The van der Waals surface area contributed by atoms with Gasteiger partial charge in [0.25, 0.3) is 0 Å². The second-order valence-electron chi connectivity index (χ2n) is 7.11. The Morgan fingerprint density at radius 2 is 1.90 bits per heavy atom. The van der Waals surface area contributed by atoms with E-state index in [4.69, 9.17) is 15.5 Å². The Bertz CT molecular complexity index is 1240. The number of pyridine rings is 1. The van der Waals surface area contributed by atoms with Crippen molar-refractivity contribution in [3.05, 3.63) is 66.1 Å². The number of aromatic nitrogens is 4. The zero-order valence-corrected chi connectivity index (χ0v) is 17.2. The number of nitriles is 1. The zero-order chi connectivity index (χ0) is 21.8. The largest absolute Gasteiger partial charge is 0.382 e. The monoisotopic (exact) mass is 411 g/mol. The van der Waals surface area contributed by atoms with E-state index >= 15 is 0 Å². The van der Waals surface area contributed by atoms with Gasteiger partial charge in [-0.3, -0.25) is 4.98 Å². The van der Waals surface area contributed by atoms with Crippen LogP contribution in [0.3, 0.4) is 0 Å². The average molecular weight is 411 g/mol. The first-order valence-corrected chi connectivity index (χ1v) is 9.78. The lowest BCUT2D eigenvalue weighted by Gasteiger charge is -2.07. The molecule has 1 aromatic carbocycles. The number of nitrogen functional groups attached to an aromatic ring is 1. The molecule has 4 aromatic rings. The van der Waals surface area contributed by atoms with Crippen LogP contribution in [0.1, 0.15) is 24.1 Å². The molecule has 1 atom stereocenters. The van der Waals surface area contributed by atoms with E-state index in [2.05, 4.69) is 31.5 Å². The van der Waals surface area contributed by atoms with Crippen LogP contribution in [-0.2, 0) is 6.54 Å². The predicted molar refractivity (Wildman–Crippen MR) is 117 cm³/mol. The van der Waals surface area contributed by atoms with E-state index in [0.717, 1.165) is 17.7 Å². The third kappa shape index (κ3) is 4.27. The second kappa shape index (κ2) is 8.73. The third-order valence-electron chi connectivity index (χ3n) is 4.89. The van der Waals surface area contributed by atoms with Crippen LogP contribution in [0.2, 0.25) is 0 Å². The highest BCUT2D eigenvalue weighted by Gasteiger charge is 2.16. The highest BCUT2D eigenvalue weighted by molar-refractivity contribution is 5.73. The van der Waals surface area contributed by atoms with Gasteiger partial charge in [-0.2, -0.15) is 5.26 Å². The molecule has 0 saturated carbocycles. The van der Waals surface area contributed by atoms with Crippen molar-refractivity contribution in [3.63, 3.8) is 0 Å². The lowest BCUT2D eigenvalue weighted by Crippen LogP contribution is -2.04. The smallest absolute Gasteiger partial charge is 0.189 e. The highest BCUT2D eigenvalue weighted by atomic mass is 16.5. The topological polar surface area (TPSA) is 127 Å². The molecule has 31 heavy (non-hydrogen) atoms. The van der Waals surface area contributed by atoms with Gasteiger partial charge in [0.1, 0.15) is 5.69 Å². The summed E-state index contributed by atoms with van der Waals surface area (Å²) in [5.41, 5.74) is 11.4. The molecule has 8 nitrogen and oxygen atoms in total. The van der Waals surface area contributed by atoms with Crippen LogP contribution in [0, 0.1) is 11.3 Å². The molecule has 0 fully saturated rings. The zero-order valence-electron chi connectivity index (χ0n) is 17.2. The van der Waals surface area contributed by atoms with Gasteiger partial charge in [0.2, 0.25) is 0 Å². The van der Waals surface area contributed by atoms with E-state index in [1.54, 1.807) is 25.4 Å². The third-order valence-corrected chi connectivity index (χ3v) is 4.89. The summed E-state index contributed by atoms with van der Waals surface area (Å²) in [6.45, 7) is 2.60. The number of hydrogen-bond donors (Lipinski definition) is 2. The summed E-state index contributed by atoms with van der Waals surface area (Å²) in [5, 5.41) is 16.5. The molecule has 3 aromatic heterocycles. The van der Waals surface area contributed by atoms with E-state index in [-0.39, 0.29) is 11.7 Å². The van der Waals surface area contributed by atoms with Crippen LogP contribution in [-0.4, -0.2) is 27.2 Å². The number of rotatable bonds is 6. The Morgan fingerprint density at radius 1 is 1.10 bits per heavy atom. The summed E-state index contributed by atoms with van der Waals surface area (Å²) in [5.74, 6) is 0.355. The van der Waals surface area contributed by atoms with Crippen molar-refractivity contribution >= 4 is 5.82 Å². The van der Waals surface area contributed by atoms with E-state index in [9.17, 15) is 0 Å². The molecule has 0 spiro atoms. The second-order valence-corrected chi connectivity index (χ2v) is 7.11. The van der Waals surface area contributed by atoms with Crippen molar-refractivity contribution in [3.8, 4) is 40.0 Å². The number of benzene rings is 1. The normalized spacial score (nSPS) is 11.8. The van der Waals surface area contributed by atoms with Crippen LogP contribution < -0.4 is 11.1 Å². The van der Waals surface area contributed by atoms with Crippen molar-refractivity contribution in [1.29, 1.82) is 5.26 Å². The quantitative estimate of drug-likeness (QED) is 0.491. The maximum Gasteiger partial charge on any atom is 0.189 e. The number of anilines is 1. The number of hydrogen-bond acceptors (Lipinski definition) is 8. The van der Waals surface area contributed by atoms with Gasteiger partial charge in [-0.25, -0.2) is 9.97 Å². The van der Waals surface area contributed by atoms with Gasteiger partial charge < -0.3 is 15.6 Å². The molecule has 1 unspecified atom stereocenters. The summed E-state index contributed by atoms with van der Waals surface area (Å²) in [6, 6.07) is 15.7. The van der Waals surface area contributed by atoms with E-state index < -0.39 is 0 Å². The summed E-state index contributed by atoms with van der Waals surface area (Å²) in [4.78, 5) is 13.2. The molecule has 154 valence electrons. The lowest BCUT2D eigenvalue weighted by atomic mass is 10.1. The molecule has 0 radical (unpaired) electrons. The van der Waals surface area contributed by atoms with Crippen molar-refractivity contribution in [2.45, 2.75) is 19.4 Å². The molecule has 0 bridgehead atoms. The maximum atomic E-state index is 9.16. The Labute approximate surface area is 179 Å². The number of nitrogens with zero attached hydrogens (tertiary/aromatic N) is 5. The molecular formula is C23H21N7O. The summed E-state index contributed by atoms with van der Waals surface area (Å²) in [6.07, 6.45) is 3.24. The summed E-state index contributed by atoms with van der Waals surface area (Å²) in [7, 11) is 1.91. The summed E-state index contributed by atoms with van der Waals surface area (Å²) < 4.78 is 5.53. The molecule has 4 rings (SSSR count). The minimum atomic E-state index is -0.322. The maximum absolute atomic E-state index is 9.16. The molecule has 8 heteroatoms. The fourth-order valence-corrected chi connectivity index (χ4v) is 3.15. The fourth-order valence-electron chi connectivity index (χ4n) is 3.15. The van der Waals surface area contributed by atoms with Crippen LogP contribution >= 0.6 is 0 Å². The Balaban J connectivity index is 1.66. The van der Waals surface area contributed by atoms with Crippen molar-refractivity contribution in [1.82, 2.24) is 25.4 Å². The Kier molecular flexibility index (Phi) is 5.69. The van der Waals surface area contributed by atoms with Crippen molar-refractivity contribution < 1.29 is 4.52 Å². The SMILES string of the molecule is CNCc1ccc(-c2cc(-c3nc(-c4ccnc(C(C)C#N)c4)cnc3N)on2)cc1. The van der Waals surface area contributed by atoms with Gasteiger partial charge in [0, 0.05) is 29.9 Å². The van der Waals surface area contributed by atoms with Gasteiger partial charge in [0.05, 0.1) is 29.6 Å². The molecule has 3 N–H and O–H groups in total. The average Bonchev–Trinajstić information content (AvgIpc) is 3.30. The fraction of sp³-hybridized carbons (Fsp3) is 0.174. The van der Waals surface area contributed by atoms with Gasteiger partial charge in [-0.1, -0.05) is 29.4 Å². The van der Waals surface area contributed by atoms with Crippen LogP contribution in [0.4, 0.5) is 5.82 Å². The molecule has 0 aliphatic heterocycles. The lowest BCUT2D eigenvalue weighted by molar-refractivity contribution is 0.434. The first kappa shape index (κ1) is 20.2. The Hall–Kier alpha value is -4.09. The highest BCUT2D eigenvalue weighted by Crippen LogP contribution is 2.30. The molecule has 0 aliphatic rings.